The highest BCUT2D eigenvalue weighted by atomic mass is 35.5. The highest BCUT2D eigenvalue weighted by Gasteiger charge is 2.38. The lowest BCUT2D eigenvalue weighted by Crippen LogP contribution is -2.47. The average molecular weight is 513 g/mol. The van der Waals surface area contributed by atoms with E-state index in [0.29, 0.717) is 49.0 Å². The van der Waals surface area contributed by atoms with Gasteiger partial charge in [0.1, 0.15) is 12.4 Å². The number of rotatable bonds is 8. The largest absolute Gasteiger partial charge is 0.379 e. The lowest BCUT2D eigenvalue weighted by molar-refractivity contribution is -0.142. The maximum absolute atomic E-state index is 14.6. The van der Waals surface area contributed by atoms with Crippen LogP contribution >= 0.6 is 11.6 Å². The molecule has 2 heterocycles. The molecule has 5 rings (SSSR count). The van der Waals surface area contributed by atoms with E-state index in [2.05, 4.69) is 10.0 Å². The van der Waals surface area contributed by atoms with Gasteiger partial charge in [0.25, 0.3) is 5.91 Å². The molecular weight excluding hydrogens is 483 g/mol. The van der Waals surface area contributed by atoms with Crippen LogP contribution in [0.25, 0.3) is 0 Å². The number of halogens is 2. The van der Waals surface area contributed by atoms with E-state index in [0.717, 1.165) is 31.5 Å². The van der Waals surface area contributed by atoms with Crippen LogP contribution in [0.15, 0.2) is 53.6 Å². The third-order valence-electron chi connectivity index (χ3n) is 6.96. The van der Waals surface area contributed by atoms with E-state index in [4.69, 9.17) is 16.3 Å². The monoisotopic (exact) mass is 512 g/mol. The summed E-state index contributed by atoms with van der Waals surface area (Å²) < 4.78 is 20.0. The number of carbonyl (C=O) groups is 2. The number of nitrogens with zero attached hydrogens (tertiary/aromatic N) is 4. The maximum Gasteiger partial charge on any atom is 0.262 e. The zero-order valence-corrected chi connectivity index (χ0v) is 20.9. The van der Waals surface area contributed by atoms with Gasteiger partial charge in [-0.05, 0) is 36.6 Å². The number of carbonyl (C=O) groups excluding carboxylic acids is 2. The van der Waals surface area contributed by atoms with Gasteiger partial charge in [0.2, 0.25) is 5.91 Å². The Bertz CT molecular complexity index is 1130. The predicted molar refractivity (Wildman–Crippen MR) is 135 cm³/mol. The van der Waals surface area contributed by atoms with Crippen LogP contribution in [0.1, 0.15) is 36.4 Å². The van der Waals surface area contributed by atoms with Crippen LogP contribution in [-0.4, -0.2) is 78.3 Å². The van der Waals surface area contributed by atoms with Gasteiger partial charge < -0.3 is 9.64 Å². The third kappa shape index (κ3) is 5.77. The minimum absolute atomic E-state index is 0.00519. The van der Waals surface area contributed by atoms with Crippen molar-refractivity contribution in [3.8, 4) is 0 Å². The van der Waals surface area contributed by atoms with Crippen molar-refractivity contribution in [2.45, 2.75) is 25.3 Å². The van der Waals surface area contributed by atoms with Crippen LogP contribution in [-0.2, 0) is 14.3 Å². The highest BCUT2D eigenvalue weighted by Crippen LogP contribution is 2.35. The summed E-state index contributed by atoms with van der Waals surface area (Å²) in [6.45, 7) is 4.11. The first kappa shape index (κ1) is 24.9. The minimum Gasteiger partial charge on any atom is -0.379 e. The summed E-state index contributed by atoms with van der Waals surface area (Å²) in [6.07, 6.45) is 2.11. The lowest BCUT2D eigenvalue weighted by atomic mass is 9.98. The molecule has 0 N–H and O–H groups in total. The van der Waals surface area contributed by atoms with Crippen LogP contribution in [0.3, 0.4) is 0 Å². The Labute approximate surface area is 215 Å². The molecule has 2 aromatic carbocycles. The quantitative estimate of drug-likeness (QED) is 0.540. The van der Waals surface area contributed by atoms with Crippen LogP contribution in [0.2, 0.25) is 5.02 Å². The fraction of sp³-hybridized carbons (Fsp3) is 0.444. The molecule has 190 valence electrons. The lowest BCUT2D eigenvalue weighted by Gasteiger charge is -2.31. The van der Waals surface area contributed by atoms with Crippen LogP contribution in [0.4, 0.5) is 4.39 Å². The molecule has 2 amide bonds. The Kier molecular flexibility index (Phi) is 7.65. The van der Waals surface area contributed by atoms with E-state index in [-0.39, 0.29) is 30.1 Å². The minimum atomic E-state index is -0.401. The van der Waals surface area contributed by atoms with Crippen molar-refractivity contribution in [1.29, 1.82) is 0 Å². The number of amides is 2. The second-order valence-corrected chi connectivity index (χ2v) is 9.96. The number of hydrogen-bond donors (Lipinski definition) is 0. The summed E-state index contributed by atoms with van der Waals surface area (Å²) in [6, 6.07) is 13.3. The standard InChI is InChI=1S/C27H30ClFN4O3/c28-21-9-7-19(8-10-21)25-17-24(22-3-1-2-4-23(22)29)30-33(25)26(34)18-32(27(35)20-5-6-20)12-11-31-13-15-36-16-14-31/h1-4,7-10,20,25H,5-6,11-18H2. The Morgan fingerprint density at radius 1 is 1.08 bits per heavy atom. The normalized spacial score (nSPS) is 20.3. The summed E-state index contributed by atoms with van der Waals surface area (Å²) in [5, 5.41) is 6.60. The van der Waals surface area contributed by atoms with Crippen LogP contribution in [0.5, 0.6) is 0 Å². The highest BCUT2D eigenvalue weighted by molar-refractivity contribution is 6.30. The molecular formula is C27H30ClFN4O3. The number of benzene rings is 2. The molecule has 36 heavy (non-hydrogen) atoms. The van der Waals surface area contributed by atoms with Gasteiger partial charge in [0, 0.05) is 49.1 Å². The molecule has 3 aliphatic rings. The van der Waals surface area contributed by atoms with E-state index >= 15 is 0 Å². The second-order valence-electron chi connectivity index (χ2n) is 9.52. The average Bonchev–Trinajstić information content (AvgIpc) is 3.66. The topological polar surface area (TPSA) is 65.5 Å². The second kappa shape index (κ2) is 11.1. The number of hydrogen-bond acceptors (Lipinski definition) is 5. The summed E-state index contributed by atoms with van der Waals surface area (Å²) in [5.74, 6) is -0.628. The molecule has 1 aliphatic carbocycles. The molecule has 2 aliphatic heterocycles. The number of ether oxygens (including phenoxy) is 1. The SMILES string of the molecule is O=C(C1CC1)N(CCN1CCOCC1)CC(=O)N1N=C(c2ccccc2F)CC1c1ccc(Cl)cc1. The van der Waals surface area contributed by atoms with E-state index in [1.807, 2.05) is 12.1 Å². The first-order valence-electron chi connectivity index (χ1n) is 12.5. The van der Waals surface area contributed by atoms with Crippen molar-refractivity contribution in [2.24, 2.45) is 11.0 Å². The van der Waals surface area contributed by atoms with Crippen LogP contribution in [0, 0.1) is 11.7 Å². The van der Waals surface area contributed by atoms with E-state index in [9.17, 15) is 14.0 Å². The summed E-state index contributed by atoms with van der Waals surface area (Å²) in [4.78, 5) is 30.6. The summed E-state index contributed by atoms with van der Waals surface area (Å²) in [5.41, 5.74) is 1.75. The summed E-state index contributed by atoms with van der Waals surface area (Å²) in [7, 11) is 0. The first-order valence-corrected chi connectivity index (χ1v) is 12.9. The molecule has 0 spiro atoms. The molecule has 1 atom stereocenters. The van der Waals surface area contributed by atoms with Gasteiger partial charge >= 0.3 is 0 Å². The zero-order chi connectivity index (χ0) is 25.1. The molecule has 2 aromatic rings. The molecule has 0 bridgehead atoms. The number of hydrazone groups is 1. The van der Waals surface area contributed by atoms with Gasteiger partial charge in [0.05, 0.1) is 25.0 Å². The summed E-state index contributed by atoms with van der Waals surface area (Å²) >= 11 is 6.09. The Morgan fingerprint density at radius 2 is 1.81 bits per heavy atom. The Hall–Kier alpha value is -2.81. The number of morpholine rings is 1. The third-order valence-corrected chi connectivity index (χ3v) is 7.21. The molecule has 7 nitrogen and oxygen atoms in total. The molecule has 0 aromatic heterocycles. The van der Waals surface area contributed by atoms with E-state index in [1.165, 1.54) is 11.1 Å². The van der Waals surface area contributed by atoms with Crippen LogP contribution < -0.4 is 0 Å². The van der Waals surface area contributed by atoms with Crippen molar-refractivity contribution in [3.63, 3.8) is 0 Å². The molecule has 2 fully saturated rings. The van der Waals surface area contributed by atoms with Crippen molar-refractivity contribution >= 4 is 29.1 Å². The van der Waals surface area contributed by atoms with Gasteiger partial charge in [-0.3, -0.25) is 14.5 Å². The van der Waals surface area contributed by atoms with Crippen molar-refractivity contribution in [3.05, 3.63) is 70.5 Å². The first-order chi connectivity index (χ1) is 17.5. The van der Waals surface area contributed by atoms with Crippen molar-refractivity contribution < 1.29 is 18.7 Å². The van der Waals surface area contributed by atoms with Gasteiger partial charge in [-0.15, -0.1) is 0 Å². The van der Waals surface area contributed by atoms with Crippen molar-refractivity contribution in [1.82, 2.24) is 14.8 Å². The smallest absolute Gasteiger partial charge is 0.262 e. The van der Waals surface area contributed by atoms with Gasteiger partial charge in [-0.1, -0.05) is 41.9 Å². The molecule has 1 saturated carbocycles. The predicted octanol–water partition coefficient (Wildman–Crippen LogP) is 3.73. The maximum atomic E-state index is 14.6. The molecule has 9 heteroatoms. The fourth-order valence-corrected chi connectivity index (χ4v) is 4.85. The van der Waals surface area contributed by atoms with E-state index < -0.39 is 6.04 Å². The van der Waals surface area contributed by atoms with Crippen molar-refractivity contribution in [2.75, 3.05) is 45.9 Å². The fourth-order valence-electron chi connectivity index (χ4n) is 4.72. The van der Waals surface area contributed by atoms with Gasteiger partial charge in [-0.2, -0.15) is 5.10 Å². The zero-order valence-electron chi connectivity index (χ0n) is 20.1. The molecule has 1 unspecified atom stereocenters. The van der Waals surface area contributed by atoms with Gasteiger partial charge in [-0.25, -0.2) is 9.40 Å². The Morgan fingerprint density at radius 3 is 2.50 bits per heavy atom. The molecule has 1 saturated heterocycles. The Balaban J connectivity index is 1.37. The molecule has 0 radical (unpaired) electrons. The van der Waals surface area contributed by atoms with Gasteiger partial charge in [0.15, 0.2) is 0 Å². The van der Waals surface area contributed by atoms with E-state index in [1.54, 1.807) is 35.2 Å².